The van der Waals surface area contributed by atoms with Crippen LogP contribution in [0.2, 0.25) is 0 Å². The first-order valence-corrected chi connectivity index (χ1v) is 8.82. The molecule has 2 saturated heterocycles. The second-order valence-electron chi connectivity index (χ2n) is 6.93. The van der Waals surface area contributed by atoms with Gasteiger partial charge < -0.3 is 14.8 Å². The monoisotopic (exact) mass is 298 g/mol. The van der Waals surface area contributed by atoms with Gasteiger partial charge in [-0.05, 0) is 52.5 Å². The van der Waals surface area contributed by atoms with Gasteiger partial charge in [0, 0.05) is 31.3 Å². The fraction of sp³-hybridized carbons (Fsp3) is 1.00. The summed E-state index contributed by atoms with van der Waals surface area (Å²) in [5, 5.41) is 3.72. The number of nitrogens with zero attached hydrogens (tertiary/aromatic N) is 1. The number of hydrogen-bond donors (Lipinski definition) is 1. The number of nitrogens with one attached hydrogen (secondary N) is 1. The molecule has 2 rings (SSSR count). The van der Waals surface area contributed by atoms with E-state index in [0.29, 0.717) is 12.1 Å². The maximum atomic E-state index is 5.75. The van der Waals surface area contributed by atoms with Crippen LogP contribution in [-0.4, -0.2) is 62.0 Å². The lowest BCUT2D eigenvalue weighted by Gasteiger charge is -2.46. The van der Waals surface area contributed by atoms with Crippen LogP contribution in [0.4, 0.5) is 0 Å². The molecule has 0 spiro atoms. The number of rotatable bonds is 8. The van der Waals surface area contributed by atoms with Crippen LogP contribution >= 0.6 is 0 Å². The van der Waals surface area contributed by atoms with Crippen molar-refractivity contribution in [2.75, 3.05) is 39.5 Å². The molecule has 2 fully saturated rings. The maximum absolute atomic E-state index is 5.75. The van der Waals surface area contributed by atoms with Crippen LogP contribution in [0.15, 0.2) is 0 Å². The summed E-state index contributed by atoms with van der Waals surface area (Å²) in [6, 6.07) is 0.544. The molecule has 2 unspecified atom stereocenters. The Morgan fingerprint density at radius 3 is 2.62 bits per heavy atom. The summed E-state index contributed by atoms with van der Waals surface area (Å²) in [6.07, 6.45) is 6.76. The van der Waals surface area contributed by atoms with Crippen molar-refractivity contribution in [2.45, 2.75) is 70.6 Å². The van der Waals surface area contributed by atoms with Gasteiger partial charge in [-0.3, -0.25) is 4.90 Å². The van der Waals surface area contributed by atoms with Crippen LogP contribution in [0.3, 0.4) is 0 Å². The topological polar surface area (TPSA) is 33.7 Å². The van der Waals surface area contributed by atoms with Gasteiger partial charge in [0.1, 0.15) is 0 Å². The number of likely N-dealkylation sites (N-methyl/N-ethyl adjacent to an activating group) is 1. The number of ether oxygens (including phenoxy) is 2. The zero-order valence-corrected chi connectivity index (χ0v) is 14.2. The molecule has 4 heteroatoms. The Morgan fingerprint density at radius 1 is 1.24 bits per heavy atom. The van der Waals surface area contributed by atoms with E-state index in [2.05, 4.69) is 31.0 Å². The molecule has 4 nitrogen and oxygen atoms in total. The van der Waals surface area contributed by atoms with Gasteiger partial charge in [-0.2, -0.15) is 0 Å². The van der Waals surface area contributed by atoms with E-state index in [-0.39, 0.29) is 5.54 Å². The zero-order chi connectivity index (χ0) is 15.1. The zero-order valence-electron chi connectivity index (χ0n) is 14.2. The van der Waals surface area contributed by atoms with Crippen LogP contribution in [0.1, 0.15) is 52.9 Å². The summed E-state index contributed by atoms with van der Waals surface area (Å²) in [5.41, 5.74) is 0.191. The second kappa shape index (κ2) is 8.47. The van der Waals surface area contributed by atoms with Crippen LogP contribution in [-0.2, 0) is 9.47 Å². The molecule has 124 valence electrons. The lowest BCUT2D eigenvalue weighted by atomic mass is 9.87. The number of hydrogen-bond acceptors (Lipinski definition) is 4. The third-order valence-corrected chi connectivity index (χ3v) is 5.17. The van der Waals surface area contributed by atoms with Gasteiger partial charge in [-0.25, -0.2) is 0 Å². The molecular formula is C17H34N2O2. The standard InChI is InChI=1S/C17H34N2O2/c1-4-18-16(9-5-7-15-8-6-12-21-15)17(2,3)19-10-13-20-14-11-19/h15-16,18H,4-14H2,1-3H3. The number of morpholine rings is 1. The first-order valence-electron chi connectivity index (χ1n) is 8.82. The highest BCUT2D eigenvalue weighted by Gasteiger charge is 2.35. The lowest BCUT2D eigenvalue weighted by Crippen LogP contribution is -2.60. The molecule has 2 aliphatic heterocycles. The minimum Gasteiger partial charge on any atom is -0.379 e. The first-order chi connectivity index (χ1) is 10.1. The van der Waals surface area contributed by atoms with Crippen LogP contribution in [0.25, 0.3) is 0 Å². The summed E-state index contributed by atoms with van der Waals surface area (Å²) in [5.74, 6) is 0. The molecule has 1 N–H and O–H groups in total. The Bertz CT molecular complexity index is 285. The van der Waals surface area contributed by atoms with Gasteiger partial charge in [-0.1, -0.05) is 6.92 Å². The van der Waals surface area contributed by atoms with Gasteiger partial charge in [0.25, 0.3) is 0 Å². The molecule has 0 amide bonds. The lowest BCUT2D eigenvalue weighted by molar-refractivity contribution is -0.0248. The minimum atomic E-state index is 0.191. The van der Waals surface area contributed by atoms with E-state index in [1.165, 1.54) is 32.1 Å². The predicted octanol–water partition coefficient (Wildman–Crippen LogP) is 2.42. The molecule has 2 heterocycles. The molecule has 0 radical (unpaired) electrons. The molecule has 0 aromatic heterocycles. The van der Waals surface area contributed by atoms with Crippen LogP contribution < -0.4 is 5.32 Å². The average molecular weight is 298 g/mol. The summed E-state index contributed by atoms with van der Waals surface area (Å²) < 4.78 is 11.3. The highest BCUT2D eigenvalue weighted by molar-refractivity contribution is 4.94. The molecule has 21 heavy (non-hydrogen) atoms. The Labute approximate surface area is 130 Å². The van der Waals surface area contributed by atoms with Crippen LogP contribution in [0.5, 0.6) is 0 Å². The first kappa shape index (κ1) is 17.2. The summed E-state index contributed by atoms with van der Waals surface area (Å²) in [7, 11) is 0. The van der Waals surface area contributed by atoms with Crippen LogP contribution in [0, 0.1) is 0 Å². The van der Waals surface area contributed by atoms with Gasteiger partial charge in [0.15, 0.2) is 0 Å². The molecule has 0 bridgehead atoms. The smallest absolute Gasteiger partial charge is 0.0594 e. The van der Waals surface area contributed by atoms with E-state index in [1.54, 1.807) is 0 Å². The van der Waals surface area contributed by atoms with Crippen molar-refractivity contribution >= 4 is 0 Å². The Kier molecular flexibility index (Phi) is 6.93. The summed E-state index contributed by atoms with van der Waals surface area (Å²) in [4.78, 5) is 2.59. The molecule has 0 aliphatic carbocycles. The highest BCUT2D eigenvalue weighted by Crippen LogP contribution is 2.25. The van der Waals surface area contributed by atoms with Crippen molar-refractivity contribution in [1.82, 2.24) is 10.2 Å². The molecule has 2 atom stereocenters. The SMILES string of the molecule is CCNC(CCCC1CCCO1)C(C)(C)N1CCOCC1. The van der Waals surface area contributed by atoms with Crippen molar-refractivity contribution in [1.29, 1.82) is 0 Å². The van der Waals surface area contributed by atoms with Gasteiger partial charge >= 0.3 is 0 Å². The third kappa shape index (κ3) is 4.92. The summed E-state index contributed by atoms with van der Waals surface area (Å²) in [6.45, 7) is 12.9. The molecule has 0 aromatic rings. The van der Waals surface area contributed by atoms with E-state index in [0.717, 1.165) is 39.5 Å². The van der Waals surface area contributed by atoms with Crippen molar-refractivity contribution in [3.05, 3.63) is 0 Å². The van der Waals surface area contributed by atoms with Gasteiger partial charge in [-0.15, -0.1) is 0 Å². The third-order valence-electron chi connectivity index (χ3n) is 5.17. The highest BCUT2D eigenvalue weighted by atomic mass is 16.5. The van der Waals surface area contributed by atoms with Crippen molar-refractivity contribution in [3.8, 4) is 0 Å². The predicted molar refractivity (Wildman–Crippen MR) is 86.8 cm³/mol. The quantitative estimate of drug-likeness (QED) is 0.746. The normalized spacial score (nSPS) is 26.1. The fourth-order valence-electron chi connectivity index (χ4n) is 3.73. The van der Waals surface area contributed by atoms with E-state index >= 15 is 0 Å². The molecular weight excluding hydrogens is 264 g/mol. The van der Waals surface area contributed by atoms with E-state index < -0.39 is 0 Å². The van der Waals surface area contributed by atoms with Crippen molar-refractivity contribution in [3.63, 3.8) is 0 Å². The summed E-state index contributed by atoms with van der Waals surface area (Å²) >= 11 is 0. The Hall–Kier alpha value is -0.160. The Balaban J connectivity index is 1.83. The molecule has 0 saturated carbocycles. The van der Waals surface area contributed by atoms with E-state index in [1.807, 2.05) is 0 Å². The largest absolute Gasteiger partial charge is 0.379 e. The minimum absolute atomic E-state index is 0.191. The Morgan fingerprint density at radius 2 is 2.00 bits per heavy atom. The van der Waals surface area contributed by atoms with E-state index in [9.17, 15) is 0 Å². The average Bonchev–Trinajstić information content (AvgIpc) is 3.00. The van der Waals surface area contributed by atoms with Crippen molar-refractivity contribution in [2.24, 2.45) is 0 Å². The maximum Gasteiger partial charge on any atom is 0.0594 e. The fourth-order valence-corrected chi connectivity index (χ4v) is 3.73. The second-order valence-corrected chi connectivity index (χ2v) is 6.93. The van der Waals surface area contributed by atoms with Crippen molar-refractivity contribution < 1.29 is 9.47 Å². The molecule has 2 aliphatic rings. The van der Waals surface area contributed by atoms with Gasteiger partial charge in [0.2, 0.25) is 0 Å². The molecule has 0 aromatic carbocycles. The van der Waals surface area contributed by atoms with E-state index in [4.69, 9.17) is 9.47 Å². The van der Waals surface area contributed by atoms with Gasteiger partial charge in [0.05, 0.1) is 19.3 Å².